The maximum absolute atomic E-state index is 13.3. The van der Waals surface area contributed by atoms with Gasteiger partial charge >= 0.3 is 30.8 Å². The Hall–Kier alpha value is -3.85. The summed E-state index contributed by atoms with van der Waals surface area (Å²) in [6.45, 7) is 3.38. The van der Waals surface area contributed by atoms with Crippen molar-refractivity contribution in [2.24, 2.45) is 5.92 Å². The van der Waals surface area contributed by atoms with Gasteiger partial charge in [0, 0.05) is 19.3 Å². The largest absolute Gasteiger partial charge is 0.573 e. The number of cyclic esters (lactones) is 1. The Bertz CT molecular complexity index is 1370. The zero-order valence-corrected chi connectivity index (χ0v) is 26.7. The monoisotopic (exact) mass is 700 g/mol. The Morgan fingerprint density at radius 3 is 2.02 bits per heavy atom. The first-order valence-corrected chi connectivity index (χ1v) is 15.2. The summed E-state index contributed by atoms with van der Waals surface area (Å²) < 4.78 is 132. The van der Waals surface area contributed by atoms with Crippen LogP contribution in [-0.2, 0) is 33.2 Å². The lowest BCUT2D eigenvalue weighted by Crippen LogP contribution is -2.32. The van der Waals surface area contributed by atoms with E-state index in [4.69, 9.17) is 4.74 Å². The Morgan fingerprint density at radius 2 is 1.52 bits per heavy atom. The third kappa shape index (κ3) is 10.3. The Balaban J connectivity index is 0.000000533. The van der Waals surface area contributed by atoms with Crippen LogP contribution in [0.5, 0.6) is 5.75 Å². The second-order valence-electron chi connectivity index (χ2n) is 11.6. The molecule has 2 aromatic rings. The predicted molar refractivity (Wildman–Crippen MR) is 156 cm³/mol. The molecule has 0 radical (unpaired) electrons. The molecule has 2 fully saturated rings. The second kappa shape index (κ2) is 15.6. The number of anilines is 1. The molecule has 0 bridgehead atoms. The number of benzene rings is 2. The van der Waals surface area contributed by atoms with Crippen LogP contribution in [0.25, 0.3) is 0 Å². The molecule has 1 heterocycles. The van der Waals surface area contributed by atoms with Crippen LogP contribution in [0.1, 0.15) is 80.7 Å². The Kier molecular flexibility index (Phi) is 12.5. The van der Waals surface area contributed by atoms with Gasteiger partial charge in [0.15, 0.2) is 0 Å². The molecule has 2 aromatic carbocycles. The number of hydrogen-bond acceptors (Lipinski definition) is 6. The van der Waals surface area contributed by atoms with Crippen molar-refractivity contribution in [1.29, 1.82) is 0 Å². The highest BCUT2D eigenvalue weighted by atomic mass is 19.4. The minimum atomic E-state index is -5.10. The number of carbonyl (C=O) groups is 2. The lowest BCUT2D eigenvalue weighted by Gasteiger charge is -2.27. The minimum absolute atomic E-state index is 0.0142. The lowest BCUT2D eigenvalue weighted by molar-refractivity contribution is -0.274. The van der Waals surface area contributed by atoms with Gasteiger partial charge in [0.05, 0.1) is 36.7 Å². The van der Waals surface area contributed by atoms with E-state index in [1.54, 1.807) is 11.9 Å². The van der Waals surface area contributed by atoms with Gasteiger partial charge in [-0.1, -0.05) is 26.2 Å². The number of methoxy groups -OCH3 is 1. The van der Waals surface area contributed by atoms with E-state index in [-0.39, 0.29) is 30.1 Å². The molecule has 2 unspecified atom stereocenters. The standard InChI is InChI=1S/C24H23F9N2O3.C8H14O2/c1-4-7-34(3)19-6-5-18(38-24(31,32)33)10-15(19)12-35-13(2)20(37-21(35)36)14-8-16(22(25,26)27)11-17(9-14)23(28,29)30;1-10-8(9)7-5-3-2-4-6-7/h5-6,8-11,13,20H,4,7,12H2,1-3H3;7H,2-6H2,1H3. The van der Waals surface area contributed by atoms with Gasteiger partial charge in [-0.25, -0.2) is 4.79 Å². The molecule has 1 amide bonds. The van der Waals surface area contributed by atoms with Crippen molar-refractivity contribution in [1.82, 2.24) is 4.90 Å². The first-order chi connectivity index (χ1) is 22.2. The van der Waals surface area contributed by atoms with Gasteiger partial charge in [-0.3, -0.25) is 9.69 Å². The highest BCUT2D eigenvalue weighted by Gasteiger charge is 2.43. The summed E-state index contributed by atoms with van der Waals surface area (Å²) in [6, 6.07) is 3.37. The average molecular weight is 701 g/mol. The summed E-state index contributed by atoms with van der Waals surface area (Å²) in [6.07, 6.45) is -11.3. The van der Waals surface area contributed by atoms with Crippen molar-refractivity contribution in [3.63, 3.8) is 0 Å². The Morgan fingerprint density at radius 1 is 0.938 bits per heavy atom. The first kappa shape index (κ1) is 38.6. The third-order valence-electron chi connectivity index (χ3n) is 8.07. The molecule has 268 valence electrons. The van der Waals surface area contributed by atoms with Gasteiger partial charge in [-0.2, -0.15) is 26.3 Å². The molecule has 2 aliphatic rings. The van der Waals surface area contributed by atoms with E-state index in [0.29, 0.717) is 30.8 Å². The van der Waals surface area contributed by atoms with E-state index in [2.05, 4.69) is 9.47 Å². The van der Waals surface area contributed by atoms with E-state index in [0.717, 1.165) is 29.9 Å². The first-order valence-electron chi connectivity index (χ1n) is 15.2. The van der Waals surface area contributed by atoms with Crippen LogP contribution in [0.3, 0.4) is 0 Å². The summed E-state index contributed by atoms with van der Waals surface area (Å²) >= 11 is 0. The number of alkyl halides is 9. The molecule has 1 saturated heterocycles. The number of nitrogens with zero attached hydrogens (tertiary/aromatic N) is 2. The molecule has 1 saturated carbocycles. The van der Waals surface area contributed by atoms with E-state index >= 15 is 0 Å². The van der Waals surface area contributed by atoms with Gasteiger partial charge < -0.3 is 19.1 Å². The number of esters is 1. The molecule has 1 aliphatic heterocycles. The summed E-state index contributed by atoms with van der Waals surface area (Å²) in [5.74, 6) is -0.371. The van der Waals surface area contributed by atoms with Crippen molar-refractivity contribution in [2.45, 2.75) is 89.8 Å². The molecular weight excluding hydrogens is 663 g/mol. The summed E-state index contributed by atoms with van der Waals surface area (Å²) in [5, 5.41) is 0. The number of amides is 1. The molecule has 16 heteroatoms. The fraction of sp³-hybridized carbons (Fsp3) is 0.562. The van der Waals surface area contributed by atoms with Crippen LogP contribution in [0.2, 0.25) is 0 Å². The minimum Gasteiger partial charge on any atom is -0.469 e. The molecule has 0 spiro atoms. The molecule has 2 atom stereocenters. The average Bonchev–Trinajstić information content (AvgIpc) is 3.28. The van der Waals surface area contributed by atoms with Crippen LogP contribution in [0.15, 0.2) is 36.4 Å². The van der Waals surface area contributed by atoms with E-state index < -0.39 is 59.4 Å². The van der Waals surface area contributed by atoms with E-state index in [9.17, 15) is 49.1 Å². The predicted octanol–water partition coefficient (Wildman–Crippen LogP) is 9.29. The SMILES string of the molecule is CCCN(C)c1ccc(OC(F)(F)F)cc1CN1C(=O)OC(c2cc(C(F)(F)F)cc(C(F)(F)F)c2)C1C.COC(=O)C1CCCCC1. The summed E-state index contributed by atoms with van der Waals surface area (Å²) in [7, 11) is 3.14. The molecule has 4 rings (SSSR count). The number of carbonyl (C=O) groups excluding carboxylic acids is 2. The zero-order valence-electron chi connectivity index (χ0n) is 26.7. The van der Waals surface area contributed by atoms with Crippen LogP contribution in [-0.4, -0.2) is 50.1 Å². The number of hydrogen-bond donors (Lipinski definition) is 0. The highest BCUT2D eigenvalue weighted by molar-refractivity contribution is 5.72. The molecule has 48 heavy (non-hydrogen) atoms. The van der Waals surface area contributed by atoms with Crippen molar-refractivity contribution in [2.75, 3.05) is 25.6 Å². The van der Waals surface area contributed by atoms with Gasteiger partial charge in [-0.05, 0) is 73.7 Å². The molecule has 1 aliphatic carbocycles. The van der Waals surface area contributed by atoms with Crippen molar-refractivity contribution < 1.29 is 63.3 Å². The molecule has 0 aromatic heterocycles. The normalized spacial score (nSPS) is 18.9. The topological polar surface area (TPSA) is 68.3 Å². The van der Waals surface area contributed by atoms with Crippen molar-refractivity contribution in [3.8, 4) is 5.75 Å². The van der Waals surface area contributed by atoms with Crippen LogP contribution >= 0.6 is 0 Å². The third-order valence-corrected chi connectivity index (χ3v) is 8.07. The molecule has 0 N–H and O–H groups in total. The maximum Gasteiger partial charge on any atom is 0.573 e. The van der Waals surface area contributed by atoms with E-state index in [1.807, 2.05) is 6.92 Å². The van der Waals surface area contributed by atoms with Crippen LogP contribution < -0.4 is 9.64 Å². The fourth-order valence-electron chi connectivity index (χ4n) is 5.71. The van der Waals surface area contributed by atoms with Crippen LogP contribution in [0, 0.1) is 5.92 Å². The summed E-state index contributed by atoms with van der Waals surface area (Å²) in [4.78, 5) is 26.4. The molecule has 7 nitrogen and oxygen atoms in total. The quantitative estimate of drug-likeness (QED) is 0.202. The van der Waals surface area contributed by atoms with Gasteiger partial charge in [0.25, 0.3) is 0 Å². The van der Waals surface area contributed by atoms with Gasteiger partial charge in [0.2, 0.25) is 0 Å². The number of rotatable bonds is 8. The van der Waals surface area contributed by atoms with Crippen LogP contribution in [0.4, 0.5) is 50.0 Å². The fourth-order valence-corrected chi connectivity index (χ4v) is 5.71. The van der Waals surface area contributed by atoms with Gasteiger partial charge in [0.1, 0.15) is 11.9 Å². The van der Waals surface area contributed by atoms with Gasteiger partial charge in [-0.15, -0.1) is 13.2 Å². The second-order valence-corrected chi connectivity index (χ2v) is 11.6. The highest BCUT2D eigenvalue weighted by Crippen LogP contribution is 2.41. The van der Waals surface area contributed by atoms with E-state index in [1.165, 1.54) is 39.4 Å². The smallest absolute Gasteiger partial charge is 0.469 e. The van der Waals surface area contributed by atoms with Crippen molar-refractivity contribution in [3.05, 3.63) is 58.7 Å². The maximum atomic E-state index is 13.3. The zero-order chi connectivity index (χ0) is 36.0. The Labute approximate surface area is 271 Å². The molecular formula is C32H37F9N2O5. The number of ether oxygens (including phenoxy) is 3. The number of halogens is 9. The summed E-state index contributed by atoms with van der Waals surface area (Å²) in [5.41, 5.74) is -3.00. The lowest BCUT2D eigenvalue weighted by atomic mass is 9.89. The van der Waals surface area contributed by atoms with Crippen molar-refractivity contribution >= 4 is 17.7 Å².